The lowest BCUT2D eigenvalue weighted by molar-refractivity contribution is -0.139. The van der Waals surface area contributed by atoms with Crippen LogP contribution in [-0.4, -0.2) is 29.8 Å². The van der Waals surface area contributed by atoms with Crippen molar-refractivity contribution in [2.75, 3.05) is 6.54 Å². The zero-order valence-electron chi connectivity index (χ0n) is 9.57. The Morgan fingerprint density at radius 2 is 2.17 bits per heavy atom. The molecule has 2 rings (SSSR count). The van der Waals surface area contributed by atoms with Crippen molar-refractivity contribution in [1.29, 1.82) is 0 Å². The molecule has 1 aliphatic carbocycles. The molecule has 18 heavy (non-hydrogen) atoms. The fourth-order valence-electron chi connectivity index (χ4n) is 2.47. The zero-order chi connectivity index (χ0) is 13.3. The second-order valence-electron chi connectivity index (χ2n) is 4.71. The number of hydrogen-bond acceptors (Lipinski definition) is 2. The van der Waals surface area contributed by atoms with Gasteiger partial charge in [-0.05, 0) is 31.2 Å². The lowest BCUT2D eigenvalue weighted by atomic mass is 9.84. The van der Waals surface area contributed by atoms with E-state index in [1.807, 2.05) is 0 Å². The van der Waals surface area contributed by atoms with Crippen molar-refractivity contribution < 1.29 is 23.1 Å². The van der Waals surface area contributed by atoms with Gasteiger partial charge < -0.3 is 10.4 Å². The first-order valence-electron chi connectivity index (χ1n) is 5.79. The first-order chi connectivity index (χ1) is 8.38. The molecule has 0 spiro atoms. The van der Waals surface area contributed by atoms with Crippen molar-refractivity contribution in [3.8, 4) is 0 Å². The Bertz CT molecular complexity index is 401. The first kappa shape index (κ1) is 13.1. The number of rotatable bonds is 2. The van der Waals surface area contributed by atoms with Crippen LogP contribution in [0, 0.1) is 11.8 Å². The van der Waals surface area contributed by atoms with Gasteiger partial charge in [0.05, 0.1) is 5.57 Å². The number of alkyl halides is 3. The molecule has 100 valence electrons. The molecule has 0 saturated carbocycles. The maximum Gasteiger partial charge on any atom is 0.416 e. The van der Waals surface area contributed by atoms with Crippen molar-refractivity contribution in [3.63, 3.8) is 0 Å². The van der Waals surface area contributed by atoms with E-state index < -0.39 is 23.8 Å². The minimum Gasteiger partial charge on any atom is -0.480 e. The molecule has 0 amide bonds. The molecule has 6 heteroatoms. The van der Waals surface area contributed by atoms with Crippen LogP contribution in [0.3, 0.4) is 0 Å². The second kappa shape index (κ2) is 4.76. The van der Waals surface area contributed by atoms with E-state index in [1.165, 1.54) is 6.08 Å². The SMILES string of the molecule is O=C(O)[C@@H]1CC(C2C=CC(C(F)(F)F)=CC2)CN1. The maximum absolute atomic E-state index is 12.4. The van der Waals surface area contributed by atoms with Crippen LogP contribution in [0.5, 0.6) is 0 Å². The topological polar surface area (TPSA) is 49.3 Å². The van der Waals surface area contributed by atoms with Gasteiger partial charge in [-0.3, -0.25) is 4.79 Å². The fraction of sp³-hybridized carbons (Fsp3) is 0.583. The van der Waals surface area contributed by atoms with Crippen LogP contribution in [0.1, 0.15) is 12.8 Å². The van der Waals surface area contributed by atoms with E-state index >= 15 is 0 Å². The summed E-state index contributed by atoms with van der Waals surface area (Å²) in [6.45, 7) is 0.543. The summed E-state index contributed by atoms with van der Waals surface area (Å²) in [6.07, 6.45) is 0.350. The van der Waals surface area contributed by atoms with Crippen LogP contribution in [0.2, 0.25) is 0 Å². The molecule has 0 aromatic heterocycles. The standard InChI is InChI=1S/C12H14F3NO2/c13-12(14,15)9-3-1-7(2-4-9)8-5-10(11(17)18)16-6-8/h1,3-4,7-8,10,16H,2,5-6H2,(H,17,18)/t7?,8?,10-/m0/s1. The molecule has 1 aliphatic heterocycles. The molecule has 1 saturated heterocycles. The summed E-state index contributed by atoms with van der Waals surface area (Å²) in [5.41, 5.74) is -0.612. The monoisotopic (exact) mass is 261 g/mol. The normalized spacial score (nSPS) is 32.4. The molecule has 1 heterocycles. The maximum atomic E-state index is 12.4. The molecule has 1 fully saturated rings. The molecule has 0 aromatic rings. The minimum absolute atomic E-state index is 0.00653. The summed E-state index contributed by atoms with van der Waals surface area (Å²) in [7, 11) is 0. The van der Waals surface area contributed by atoms with E-state index in [4.69, 9.17) is 5.11 Å². The molecule has 0 radical (unpaired) electrons. The number of aliphatic carboxylic acids is 1. The highest BCUT2D eigenvalue weighted by atomic mass is 19.4. The second-order valence-corrected chi connectivity index (χ2v) is 4.71. The molecular formula is C12H14F3NO2. The summed E-state index contributed by atoms with van der Waals surface area (Å²) >= 11 is 0. The van der Waals surface area contributed by atoms with Crippen LogP contribution < -0.4 is 5.32 Å². The molecule has 2 unspecified atom stereocenters. The lowest BCUT2D eigenvalue weighted by Crippen LogP contribution is -2.29. The number of carboxylic acid groups (broad SMARTS) is 1. The number of nitrogens with one attached hydrogen (secondary N) is 1. The summed E-state index contributed by atoms with van der Waals surface area (Å²) in [4.78, 5) is 10.8. The summed E-state index contributed by atoms with van der Waals surface area (Å²) in [6, 6.07) is -0.573. The Hall–Kier alpha value is -1.30. The summed E-state index contributed by atoms with van der Waals surface area (Å²) in [5, 5.41) is 11.7. The van der Waals surface area contributed by atoms with E-state index in [9.17, 15) is 18.0 Å². The van der Waals surface area contributed by atoms with E-state index in [2.05, 4.69) is 5.32 Å². The van der Waals surface area contributed by atoms with Gasteiger partial charge in [0.25, 0.3) is 0 Å². The molecule has 0 bridgehead atoms. The van der Waals surface area contributed by atoms with Gasteiger partial charge in [-0.2, -0.15) is 13.2 Å². The lowest BCUT2D eigenvalue weighted by Gasteiger charge is -2.22. The van der Waals surface area contributed by atoms with Gasteiger partial charge in [-0.15, -0.1) is 0 Å². The van der Waals surface area contributed by atoms with Gasteiger partial charge in [0, 0.05) is 0 Å². The van der Waals surface area contributed by atoms with Crippen molar-refractivity contribution in [2.24, 2.45) is 11.8 Å². The minimum atomic E-state index is -4.29. The predicted molar refractivity (Wildman–Crippen MR) is 58.9 cm³/mol. The van der Waals surface area contributed by atoms with Crippen molar-refractivity contribution in [1.82, 2.24) is 5.32 Å². The number of allylic oxidation sites excluding steroid dienone is 4. The highest BCUT2D eigenvalue weighted by molar-refractivity contribution is 5.73. The Balaban J connectivity index is 1.94. The van der Waals surface area contributed by atoms with Crippen molar-refractivity contribution >= 4 is 5.97 Å². The average molecular weight is 261 g/mol. The van der Waals surface area contributed by atoms with Crippen LogP contribution in [-0.2, 0) is 4.79 Å². The quantitative estimate of drug-likeness (QED) is 0.800. The van der Waals surface area contributed by atoms with Gasteiger partial charge in [0.1, 0.15) is 6.04 Å². The molecule has 0 aromatic carbocycles. The van der Waals surface area contributed by atoms with Gasteiger partial charge in [0.2, 0.25) is 0 Å². The van der Waals surface area contributed by atoms with E-state index in [1.54, 1.807) is 6.08 Å². The van der Waals surface area contributed by atoms with Gasteiger partial charge >= 0.3 is 12.1 Å². The van der Waals surface area contributed by atoms with Crippen LogP contribution in [0.15, 0.2) is 23.8 Å². The average Bonchev–Trinajstić information content (AvgIpc) is 2.77. The van der Waals surface area contributed by atoms with Crippen LogP contribution in [0.4, 0.5) is 13.2 Å². The number of carbonyl (C=O) groups is 1. The largest absolute Gasteiger partial charge is 0.480 e. The van der Waals surface area contributed by atoms with Gasteiger partial charge in [-0.1, -0.05) is 18.2 Å². The molecular weight excluding hydrogens is 247 g/mol. The number of carboxylic acids is 1. The Labute approximate surface area is 102 Å². The molecule has 2 N–H and O–H groups in total. The first-order valence-corrected chi connectivity index (χ1v) is 5.79. The van der Waals surface area contributed by atoms with Crippen LogP contribution in [0.25, 0.3) is 0 Å². The molecule has 3 nitrogen and oxygen atoms in total. The third-order valence-electron chi connectivity index (χ3n) is 3.53. The van der Waals surface area contributed by atoms with Gasteiger partial charge in [0.15, 0.2) is 0 Å². The van der Waals surface area contributed by atoms with Gasteiger partial charge in [-0.25, -0.2) is 0 Å². The number of halogens is 3. The third kappa shape index (κ3) is 2.75. The predicted octanol–water partition coefficient (Wildman–Crippen LogP) is 2.11. The van der Waals surface area contributed by atoms with Crippen molar-refractivity contribution in [2.45, 2.75) is 25.1 Å². The highest BCUT2D eigenvalue weighted by Crippen LogP contribution is 2.35. The van der Waals surface area contributed by atoms with Crippen molar-refractivity contribution in [3.05, 3.63) is 23.8 Å². The molecule has 3 atom stereocenters. The van der Waals surface area contributed by atoms with E-state index in [0.29, 0.717) is 19.4 Å². The highest BCUT2D eigenvalue weighted by Gasteiger charge is 2.36. The Kier molecular flexibility index (Phi) is 3.47. The fourth-order valence-corrected chi connectivity index (χ4v) is 2.47. The molecule has 2 aliphatic rings. The Morgan fingerprint density at radius 3 is 2.61 bits per heavy atom. The van der Waals surface area contributed by atoms with E-state index in [-0.39, 0.29) is 11.8 Å². The van der Waals surface area contributed by atoms with Crippen LogP contribution >= 0.6 is 0 Å². The summed E-state index contributed by atoms with van der Waals surface area (Å²) in [5.74, 6) is -0.815. The smallest absolute Gasteiger partial charge is 0.416 e. The number of hydrogen-bond donors (Lipinski definition) is 2. The summed E-state index contributed by atoms with van der Waals surface area (Å²) < 4.78 is 37.2. The zero-order valence-corrected chi connectivity index (χ0v) is 9.57. The van der Waals surface area contributed by atoms with E-state index in [0.717, 1.165) is 6.08 Å². The third-order valence-corrected chi connectivity index (χ3v) is 3.53. The Morgan fingerprint density at radius 1 is 1.44 bits per heavy atom.